The minimum atomic E-state index is -0.161. The number of rotatable bonds is 5. The van der Waals surface area contributed by atoms with Crippen molar-refractivity contribution in [1.82, 2.24) is 15.1 Å². The van der Waals surface area contributed by atoms with Crippen molar-refractivity contribution in [3.05, 3.63) is 0 Å². The molecule has 2 heterocycles. The number of nitrogens with zero attached hydrogens (tertiary/aromatic N) is 2. The standard InChI is InChI=1S/C19H29N3O3/c23-17(21-9-7-14(8-10-21)20-11-13-5-6-13)12-22-18(24)15-3-1-2-4-16(15)19(22)25/h13-16,20H,1-12H2. The fraction of sp³-hybridized carbons (Fsp3) is 0.842. The number of nitrogens with one attached hydrogen (secondary N) is 1. The Hall–Kier alpha value is -1.43. The minimum absolute atomic E-state index is 0.0508. The molecule has 2 aliphatic carbocycles. The maximum absolute atomic E-state index is 12.6. The summed E-state index contributed by atoms with van der Waals surface area (Å²) >= 11 is 0. The van der Waals surface area contributed by atoms with E-state index in [2.05, 4.69) is 5.32 Å². The molecule has 6 nitrogen and oxygen atoms in total. The topological polar surface area (TPSA) is 69.7 Å². The second kappa shape index (κ2) is 7.06. The molecule has 25 heavy (non-hydrogen) atoms. The summed E-state index contributed by atoms with van der Waals surface area (Å²) in [6, 6.07) is 0.502. The van der Waals surface area contributed by atoms with Crippen LogP contribution in [0.5, 0.6) is 0 Å². The molecule has 138 valence electrons. The minimum Gasteiger partial charge on any atom is -0.341 e. The van der Waals surface area contributed by atoms with Crippen LogP contribution in [0.15, 0.2) is 0 Å². The van der Waals surface area contributed by atoms with Gasteiger partial charge < -0.3 is 10.2 Å². The zero-order valence-electron chi connectivity index (χ0n) is 14.9. The highest BCUT2D eigenvalue weighted by Gasteiger charge is 2.48. The molecule has 0 aromatic carbocycles. The van der Waals surface area contributed by atoms with Gasteiger partial charge in [-0.25, -0.2) is 0 Å². The summed E-state index contributed by atoms with van der Waals surface area (Å²) < 4.78 is 0. The highest BCUT2D eigenvalue weighted by atomic mass is 16.2. The van der Waals surface area contributed by atoms with Crippen molar-refractivity contribution >= 4 is 17.7 Å². The molecule has 2 saturated heterocycles. The largest absolute Gasteiger partial charge is 0.341 e. The van der Waals surface area contributed by atoms with Crippen molar-refractivity contribution in [2.45, 2.75) is 57.4 Å². The van der Waals surface area contributed by atoms with Crippen LogP contribution in [0.25, 0.3) is 0 Å². The van der Waals surface area contributed by atoms with Crippen LogP contribution in [0, 0.1) is 17.8 Å². The summed E-state index contributed by atoms with van der Waals surface area (Å²) in [6.45, 7) is 2.51. The summed E-state index contributed by atoms with van der Waals surface area (Å²) in [7, 11) is 0. The fourth-order valence-corrected chi connectivity index (χ4v) is 4.61. The highest BCUT2D eigenvalue weighted by molar-refractivity contribution is 6.07. The van der Waals surface area contributed by atoms with Crippen molar-refractivity contribution in [2.75, 3.05) is 26.2 Å². The first-order chi connectivity index (χ1) is 12.1. The third-order valence-electron chi connectivity index (χ3n) is 6.47. The highest BCUT2D eigenvalue weighted by Crippen LogP contribution is 2.38. The van der Waals surface area contributed by atoms with E-state index in [9.17, 15) is 14.4 Å². The van der Waals surface area contributed by atoms with Crippen LogP contribution in [0.3, 0.4) is 0 Å². The number of fused-ring (bicyclic) bond motifs is 1. The van der Waals surface area contributed by atoms with E-state index >= 15 is 0 Å². The molecule has 4 rings (SSSR count). The second-order valence-corrected chi connectivity index (χ2v) is 8.27. The molecule has 0 bridgehead atoms. The predicted octanol–water partition coefficient (Wildman–Crippen LogP) is 1.15. The number of amides is 3. The molecule has 1 N–H and O–H groups in total. The SMILES string of the molecule is O=C(CN1C(=O)C2CCCCC2C1=O)N1CCC(NCC2CC2)CC1. The van der Waals surface area contributed by atoms with Crippen LogP contribution in [0.2, 0.25) is 0 Å². The molecule has 0 aromatic rings. The first kappa shape index (κ1) is 17.0. The van der Waals surface area contributed by atoms with Gasteiger partial charge in [-0.2, -0.15) is 0 Å². The molecule has 2 unspecified atom stereocenters. The average molecular weight is 347 g/mol. The van der Waals surface area contributed by atoms with Gasteiger partial charge in [0.25, 0.3) is 0 Å². The van der Waals surface area contributed by atoms with Crippen LogP contribution >= 0.6 is 0 Å². The van der Waals surface area contributed by atoms with E-state index in [0.717, 1.165) is 64.1 Å². The van der Waals surface area contributed by atoms with Crippen LogP contribution in [-0.2, 0) is 14.4 Å². The number of likely N-dealkylation sites (tertiary alicyclic amines) is 2. The summed E-state index contributed by atoms with van der Waals surface area (Å²) in [5.74, 6) is 0.266. The maximum atomic E-state index is 12.6. The molecule has 4 fully saturated rings. The van der Waals surface area contributed by atoms with Crippen LogP contribution in [0.4, 0.5) is 0 Å². The van der Waals surface area contributed by atoms with Gasteiger partial charge in [0.05, 0.1) is 11.8 Å². The Morgan fingerprint density at radius 2 is 1.52 bits per heavy atom. The summed E-state index contributed by atoms with van der Waals surface area (Å²) in [5.41, 5.74) is 0. The lowest BCUT2D eigenvalue weighted by atomic mass is 9.81. The van der Waals surface area contributed by atoms with E-state index in [0.29, 0.717) is 6.04 Å². The van der Waals surface area contributed by atoms with Gasteiger partial charge in [0.1, 0.15) is 6.54 Å². The van der Waals surface area contributed by atoms with Gasteiger partial charge in [0.15, 0.2) is 0 Å². The first-order valence-electron chi connectivity index (χ1n) is 10.00. The molecule has 2 saturated carbocycles. The Balaban J connectivity index is 1.27. The predicted molar refractivity (Wildman–Crippen MR) is 92.5 cm³/mol. The second-order valence-electron chi connectivity index (χ2n) is 8.27. The lowest BCUT2D eigenvalue weighted by Gasteiger charge is -2.33. The van der Waals surface area contributed by atoms with Crippen molar-refractivity contribution < 1.29 is 14.4 Å². The van der Waals surface area contributed by atoms with Crippen LogP contribution in [-0.4, -0.2) is 59.7 Å². The fourth-order valence-electron chi connectivity index (χ4n) is 4.61. The third-order valence-corrected chi connectivity index (χ3v) is 6.47. The molecule has 2 atom stereocenters. The molecular weight excluding hydrogens is 318 g/mol. The summed E-state index contributed by atoms with van der Waals surface area (Å²) in [5, 5.41) is 3.61. The zero-order valence-corrected chi connectivity index (χ0v) is 14.9. The number of carbonyl (C=O) groups excluding carboxylic acids is 3. The number of hydrogen-bond donors (Lipinski definition) is 1. The summed E-state index contributed by atoms with van der Waals surface area (Å²) in [6.07, 6.45) is 8.27. The number of piperidine rings is 1. The number of hydrogen-bond acceptors (Lipinski definition) is 4. The van der Waals surface area contributed by atoms with E-state index in [-0.39, 0.29) is 36.1 Å². The zero-order chi connectivity index (χ0) is 17.4. The maximum Gasteiger partial charge on any atom is 0.242 e. The lowest BCUT2D eigenvalue weighted by molar-refractivity contribution is -0.147. The summed E-state index contributed by atoms with van der Waals surface area (Å²) in [4.78, 5) is 40.7. The van der Waals surface area contributed by atoms with Gasteiger partial charge in [-0.15, -0.1) is 0 Å². The molecule has 3 amide bonds. The van der Waals surface area contributed by atoms with Crippen LogP contribution in [0.1, 0.15) is 51.4 Å². The first-order valence-corrected chi connectivity index (χ1v) is 10.00. The van der Waals surface area contributed by atoms with E-state index in [1.807, 2.05) is 4.90 Å². The van der Waals surface area contributed by atoms with E-state index < -0.39 is 0 Å². The molecule has 0 spiro atoms. The van der Waals surface area contributed by atoms with Gasteiger partial charge in [-0.1, -0.05) is 12.8 Å². The van der Waals surface area contributed by atoms with Gasteiger partial charge in [0, 0.05) is 19.1 Å². The molecule has 6 heteroatoms. The third kappa shape index (κ3) is 3.59. The van der Waals surface area contributed by atoms with E-state index in [4.69, 9.17) is 0 Å². The monoisotopic (exact) mass is 347 g/mol. The van der Waals surface area contributed by atoms with Crippen molar-refractivity contribution in [3.63, 3.8) is 0 Å². The van der Waals surface area contributed by atoms with Gasteiger partial charge in [-0.3, -0.25) is 19.3 Å². The van der Waals surface area contributed by atoms with Crippen molar-refractivity contribution in [3.8, 4) is 0 Å². The average Bonchev–Trinajstić information content (AvgIpc) is 3.44. The molecule has 0 radical (unpaired) electrons. The number of carbonyl (C=O) groups is 3. The van der Waals surface area contributed by atoms with Gasteiger partial charge >= 0.3 is 0 Å². The van der Waals surface area contributed by atoms with Gasteiger partial charge in [-0.05, 0) is 51.0 Å². The Morgan fingerprint density at radius 3 is 2.08 bits per heavy atom. The number of imide groups is 1. The Morgan fingerprint density at radius 1 is 0.920 bits per heavy atom. The molecule has 0 aromatic heterocycles. The Labute approximate surface area is 149 Å². The Kier molecular flexibility index (Phi) is 4.80. The van der Waals surface area contributed by atoms with Crippen molar-refractivity contribution in [2.24, 2.45) is 17.8 Å². The van der Waals surface area contributed by atoms with Crippen LogP contribution < -0.4 is 5.32 Å². The smallest absolute Gasteiger partial charge is 0.242 e. The van der Waals surface area contributed by atoms with E-state index in [1.54, 1.807) is 0 Å². The van der Waals surface area contributed by atoms with E-state index in [1.165, 1.54) is 17.7 Å². The normalized spacial score (nSPS) is 30.7. The molecule has 2 aliphatic heterocycles. The molecular formula is C19H29N3O3. The quantitative estimate of drug-likeness (QED) is 0.758. The van der Waals surface area contributed by atoms with Crippen molar-refractivity contribution in [1.29, 1.82) is 0 Å². The van der Waals surface area contributed by atoms with Gasteiger partial charge in [0.2, 0.25) is 17.7 Å². The molecule has 4 aliphatic rings. The lowest BCUT2D eigenvalue weighted by Crippen LogP contribution is -2.49. The Bertz CT molecular complexity index is 528.